The average molecular weight is 401 g/mol. The van der Waals surface area contributed by atoms with Crippen LogP contribution in [-0.4, -0.2) is 9.55 Å². The lowest BCUT2D eigenvalue weighted by Crippen LogP contribution is -1.96. The van der Waals surface area contributed by atoms with E-state index in [0.29, 0.717) is 0 Å². The van der Waals surface area contributed by atoms with Gasteiger partial charge in [-0.25, -0.2) is 0 Å². The summed E-state index contributed by atoms with van der Waals surface area (Å²) in [6.45, 7) is 0. The van der Waals surface area contributed by atoms with E-state index >= 15 is 0 Å². The van der Waals surface area contributed by atoms with Gasteiger partial charge < -0.3 is 4.57 Å². The van der Waals surface area contributed by atoms with Crippen molar-refractivity contribution >= 4 is 64.8 Å². The summed E-state index contributed by atoms with van der Waals surface area (Å²) in [7, 11) is 0. The van der Waals surface area contributed by atoms with E-state index in [4.69, 9.17) is 0 Å². The van der Waals surface area contributed by atoms with Crippen molar-refractivity contribution in [2.24, 2.45) is 0 Å². The monoisotopic (exact) mass is 400 g/mol. The Kier molecular flexibility index (Phi) is 3.18. The minimum Gasteiger partial charge on any atom is -0.307 e. The van der Waals surface area contributed by atoms with Crippen molar-refractivity contribution in [2.75, 3.05) is 0 Å². The largest absolute Gasteiger partial charge is 0.307 e. The second kappa shape index (κ2) is 5.91. The first-order chi connectivity index (χ1) is 14.9. The summed E-state index contributed by atoms with van der Waals surface area (Å²) >= 11 is 1.82. The highest BCUT2D eigenvalue weighted by molar-refractivity contribution is 7.18. The molecular formula is C27H16N2S. The highest BCUT2D eigenvalue weighted by Crippen LogP contribution is 2.40. The molecule has 7 rings (SSSR count). The lowest BCUT2D eigenvalue weighted by atomic mass is 10.0. The quantitative estimate of drug-likeness (QED) is 0.276. The predicted molar refractivity (Wildman–Crippen MR) is 129 cm³/mol. The molecular weight excluding hydrogens is 384 g/mol. The molecule has 0 aliphatic carbocycles. The molecule has 30 heavy (non-hydrogen) atoms. The van der Waals surface area contributed by atoms with Crippen LogP contribution >= 0.6 is 11.3 Å². The molecule has 4 aromatic carbocycles. The van der Waals surface area contributed by atoms with Gasteiger partial charge in [0.15, 0.2) is 0 Å². The van der Waals surface area contributed by atoms with Crippen molar-refractivity contribution in [3.8, 4) is 5.69 Å². The Morgan fingerprint density at radius 2 is 1.43 bits per heavy atom. The lowest BCUT2D eigenvalue weighted by Gasteiger charge is -2.11. The minimum absolute atomic E-state index is 1.12. The maximum absolute atomic E-state index is 4.56. The Morgan fingerprint density at radius 1 is 0.600 bits per heavy atom. The molecule has 7 aromatic rings. The molecule has 0 saturated carbocycles. The number of hydrogen-bond acceptors (Lipinski definition) is 2. The Hall–Kier alpha value is -3.69. The fraction of sp³-hybridized carbons (Fsp3) is 0. The maximum atomic E-state index is 4.56. The van der Waals surface area contributed by atoms with Crippen molar-refractivity contribution in [2.45, 2.75) is 0 Å². The Balaban J connectivity index is 1.73. The Morgan fingerprint density at radius 3 is 2.40 bits per heavy atom. The lowest BCUT2D eigenvalue weighted by molar-refractivity contribution is 1.16. The van der Waals surface area contributed by atoms with E-state index in [1.54, 1.807) is 0 Å². The van der Waals surface area contributed by atoms with Gasteiger partial charge in [-0.05, 0) is 34.4 Å². The summed E-state index contributed by atoms with van der Waals surface area (Å²) in [6, 6.07) is 28.5. The maximum Gasteiger partial charge on any atom is 0.0723 e. The zero-order valence-corrected chi connectivity index (χ0v) is 16.9. The number of rotatable bonds is 1. The number of fused-ring (bicyclic) bond motifs is 8. The van der Waals surface area contributed by atoms with Gasteiger partial charge in [-0.1, -0.05) is 60.7 Å². The first-order valence-corrected chi connectivity index (χ1v) is 10.9. The smallest absolute Gasteiger partial charge is 0.0723 e. The first-order valence-electron chi connectivity index (χ1n) is 10.1. The van der Waals surface area contributed by atoms with E-state index in [9.17, 15) is 0 Å². The third-order valence-corrected chi connectivity index (χ3v) is 7.10. The molecule has 2 nitrogen and oxygen atoms in total. The van der Waals surface area contributed by atoms with Crippen molar-refractivity contribution < 1.29 is 0 Å². The number of benzene rings is 4. The topological polar surface area (TPSA) is 17.8 Å². The fourth-order valence-electron chi connectivity index (χ4n) is 4.84. The number of para-hydroxylation sites is 1. The zero-order chi connectivity index (χ0) is 19.7. The van der Waals surface area contributed by atoms with Gasteiger partial charge in [0.2, 0.25) is 0 Å². The molecule has 0 N–H and O–H groups in total. The van der Waals surface area contributed by atoms with Crippen LogP contribution < -0.4 is 0 Å². The van der Waals surface area contributed by atoms with E-state index in [1.165, 1.54) is 48.1 Å². The molecule has 0 aliphatic heterocycles. The molecule has 3 heterocycles. The van der Waals surface area contributed by atoms with Crippen LogP contribution in [0, 0.1) is 0 Å². The van der Waals surface area contributed by atoms with Crippen molar-refractivity contribution in [3.05, 3.63) is 96.6 Å². The van der Waals surface area contributed by atoms with Gasteiger partial charge in [-0.15, -0.1) is 11.3 Å². The van der Waals surface area contributed by atoms with Crippen LogP contribution in [0.15, 0.2) is 96.6 Å². The molecule has 3 heteroatoms. The van der Waals surface area contributed by atoms with Crippen LogP contribution in [0.5, 0.6) is 0 Å². The van der Waals surface area contributed by atoms with Crippen molar-refractivity contribution in [1.82, 2.24) is 9.55 Å². The average Bonchev–Trinajstić information content (AvgIpc) is 3.41. The Bertz CT molecular complexity index is 1750. The molecule has 0 unspecified atom stereocenters. The Labute approximate surface area is 176 Å². The molecule has 0 saturated heterocycles. The van der Waals surface area contributed by atoms with Gasteiger partial charge in [0.25, 0.3) is 0 Å². The van der Waals surface area contributed by atoms with Gasteiger partial charge in [-0.3, -0.25) is 4.98 Å². The third-order valence-electron chi connectivity index (χ3n) is 6.14. The predicted octanol–water partition coefficient (Wildman–Crippen LogP) is 7.70. The first kappa shape index (κ1) is 16.1. The number of aromatic nitrogens is 2. The summed E-state index contributed by atoms with van der Waals surface area (Å²) in [5.74, 6) is 0. The van der Waals surface area contributed by atoms with Crippen LogP contribution in [0.4, 0.5) is 0 Å². The molecule has 0 spiro atoms. The van der Waals surface area contributed by atoms with Crippen LogP contribution in [0.2, 0.25) is 0 Å². The van der Waals surface area contributed by atoms with Gasteiger partial charge >= 0.3 is 0 Å². The van der Waals surface area contributed by atoms with Crippen molar-refractivity contribution in [3.63, 3.8) is 0 Å². The van der Waals surface area contributed by atoms with Gasteiger partial charge in [0.05, 0.1) is 22.9 Å². The highest BCUT2D eigenvalue weighted by Gasteiger charge is 2.17. The van der Waals surface area contributed by atoms with E-state index in [-0.39, 0.29) is 0 Å². The second-order valence-corrected chi connectivity index (χ2v) is 8.61. The molecule has 0 aliphatic rings. The van der Waals surface area contributed by atoms with Crippen LogP contribution in [-0.2, 0) is 0 Å². The summed E-state index contributed by atoms with van der Waals surface area (Å²) < 4.78 is 3.73. The fourth-order valence-corrected chi connectivity index (χ4v) is 5.77. The van der Waals surface area contributed by atoms with Crippen LogP contribution in [0.1, 0.15) is 0 Å². The number of hydrogen-bond donors (Lipinski definition) is 0. The summed E-state index contributed by atoms with van der Waals surface area (Å²) in [5, 5.41) is 11.1. The molecule has 140 valence electrons. The van der Waals surface area contributed by atoms with Gasteiger partial charge in [-0.2, -0.15) is 0 Å². The van der Waals surface area contributed by atoms with Crippen LogP contribution in [0.3, 0.4) is 0 Å². The number of pyridine rings is 1. The summed E-state index contributed by atoms with van der Waals surface area (Å²) in [5.41, 5.74) is 3.55. The van der Waals surface area contributed by atoms with Gasteiger partial charge in [0.1, 0.15) is 0 Å². The van der Waals surface area contributed by atoms with Crippen LogP contribution in [0.25, 0.3) is 59.1 Å². The molecule has 0 amide bonds. The van der Waals surface area contributed by atoms with Crippen molar-refractivity contribution in [1.29, 1.82) is 0 Å². The number of thiophene rings is 1. The summed E-state index contributed by atoms with van der Waals surface area (Å²) in [4.78, 5) is 4.56. The molecule has 0 fully saturated rings. The standard InChI is InChI=1S/C27H16N2S/c1-2-6-19-18(5-1)15-28-16-25(19)29-23-8-4-3-7-22(23)26-20-10-9-17-13-14-30-27(17)21(20)11-12-24(26)29/h1-16H. The molecule has 0 radical (unpaired) electrons. The van der Waals surface area contributed by atoms with E-state index in [2.05, 4.69) is 93.8 Å². The van der Waals surface area contributed by atoms with E-state index in [1.807, 2.05) is 23.7 Å². The van der Waals surface area contributed by atoms with Gasteiger partial charge in [0, 0.05) is 37.8 Å². The number of nitrogens with zero attached hydrogens (tertiary/aromatic N) is 2. The van der Waals surface area contributed by atoms with E-state index in [0.717, 1.165) is 11.1 Å². The summed E-state index contributed by atoms with van der Waals surface area (Å²) in [6.07, 6.45) is 3.93. The molecule has 0 bridgehead atoms. The zero-order valence-electron chi connectivity index (χ0n) is 16.0. The molecule has 3 aromatic heterocycles. The third kappa shape index (κ3) is 2.05. The minimum atomic E-state index is 1.12. The molecule has 0 atom stereocenters. The second-order valence-electron chi connectivity index (χ2n) is 7.69. The normalized spacial score (nSPS) is 12.0. The SMILES string of the molecule is c1ccc2c(-n3c4ccccc4c4c5ccc6ccsc6c5ccc43)cncc2c1. The highest BCUT2D eigenvalue weighted by atomic mass is 32.1. The van der Waals surface area contributed by atoms with E-state index < -0.39 is 0 Å².